The second kappa shape index (κ2) is 4.79. The molecule has 18 heavy (non-hydrogen) atoms. The van der Waals surface area contributed by atoms with Crippen LogP contribution in [0.15, 0.2) is 18.2 Å². The number of hydrogen-bond acceptors (Lipinski definition) is 3. The van der Waals surface area contributed by atoms with Crippen LogP contribution in [0.4, 0.5) is 0 Å². The molecule has 0 saturated carbocycles. The van der Waals surface area contributed by atoms with Gasteiger partial charge in [-0.1, -0.05) is 17.7 Å². The summed E-state index contributed by atoms with van der Waals surface area (Å²) in [5.41, 5.74) is 1.02. The Morgan fingerprint density at radius 2 is 2.28 bits per heavy atom. The Kier molecular flexibility index (Phi) is 3.29. The van der Waals surface area contributed by atoms with Gasteiger partial charge >= 0.3 is 0 Å². The molecule has 0 fully saturated rings. The molecule has 3 rings (SSSR count). The van der Waals surface area contributed by atoms with E-state index >= 15 is 0 Å². The van der Waals surface area contributed by atoms with Gasteiger partial charge in [-0.25, -0.2) is 0 Å². The lowest BCUT2D eigenvalue weighted by atomic mass is 10.2. The largest absolute Gasteiger partial charge is 0.308 e. The lowest BCUT2D eigenvalue weighted by Crippen LogP contribution is -2.32. The van der Waals surface area contributed by atoms with Gasteiger partial charge in [0, 0.05) is 22.2 Å². The fraction of sp³-hybridized carbons (Fsp3) is 0.333. The SMILES string of the molecule is CC1NCCn2c(-c3ccc(I)c(Cl)c3)nnc21. The second-order valence-corrected chi connectivity index (χ2v) is 5.91. The Balaban J connectivity index is 2.09. The van der Waals surface area contributed by atoms with Crippen LogP contribution in [0.5, 0.6) is 0 Å². The molecule has 1 atom stereocenters. The zero-order chi connectivity index (χ0) is 12.7. The van der Waals surface area contributed by atoms with Gasteiger partial charge in [0.15, 0.2) is 5.82 Å². The maximum absolute atomic E-state index is 6.17. The molecule has 1 aromatic heterocycles. The number of hydrogen-bond donors (Lipinski definition) is 1. The van der Waals surface area contributed by atoms with Crippen molar-refractivity contribution >= 4 is 34.2 Å². The molecule has 1 aromatic carbocycles. The van der Waals surface area contributed by atoms with E-state index < -0.39 is 0 Å². The van der Waals surface area contributed by atoms with Gasteiger partial charge in [0.25, 0.3) is 0 Å². The van der Waals surface area contributed by atoms with E-state index in [1.54, 1.807) is 0 Å². The fourth-order valence-electron chi connectivity index (χ4n) is 2.19. The average molecular weight is 375 g/mol. The number of benzene rings is 1. The van der Waals surface area contributed by atoms with E-state index in [9.17, 15) is 0 Å². The maximum Gasteiger partial charge on any atom is 0.164 e. The predicted octanol–water partition coefficient (Wildman–Crippen LogP) is 2.87. The molecular formula is C12H12ClIN4. The van der Waals surface area contributed by atoms with Crippen molar-refractivity contribution in [3.05, 3.63) is 32.6 Å². The van der Waals surface area contributed by atoms with Crippen molar-refractivity contribution in [1.29, 1.82) is 0 Å². The van der Waals surface area contributed by atoms with Crippen LogP contribution in [0.1, 0.15) is 18.8 Å². The summed E-state index contributed by atoms with van der Waals surface area (Å²) in [4.78, 5) is 0. The Morgan fingerprint density at radius 3 is 3.06 bits per heavy atom. The first-order chi connectivity index (χ1) is 8.66. The van der Waals surface area contributed by atoms with Crippen molar-refractivity contribution in [3.8, 4) is 11.4 Å². The molecular weight excluding hydrogens is 363 g/mol. The van der Waals surface area contributed by atoms with Crippen LogP contribution in [0.2, 0.25) is 5.02 Å². The summed E-state index contributed by atoms with van der Waals surface area (Å²) in [5, 5.41) is 12.7. The Labute approximate surface area is 124 Å². The molecule has 94 valence electrons. The van der Waals surface area contributed by atoms with Crippen LogP contribution in [0.25, 0.3) is 11.4 Å². The van der Waals surface area contributed by atoms with Gasteiger partial charge in [0.05, 0.1) is 11.1 Å². The Hall–Kier alpha value is -0.660. The molecule has 2 heterocycles. The van der Waals surface area contributed by atoms with Gasteiger partial charge in [-0.3, -0.25) is 0 Å². The van der Waals surface area contributed by atoms with E-state index in [0.717, 1.165) is 38.9 Å². The van der Waals surface area contributed by atoms with Gasteiger partial charge in [-0.05, 0) is 41.6 Å². The van der Waals surface area contributed by atoms with Crippen LogP contribution in [0.3, 0.4) is 0 Å². The summed E-state index contributed by atoms with van der Waals surface area (Å²) in [7, 11) is 0. The highest BCUT2D eigenvalue weighted by Gasteiger charge is 2.22. The van der Waals surface area contributed by atoms with Crippen molar-refractivity contribution < 1.29 is 0 Å². The topological polar surface area (TPSA) is 42.7 Å². The standard InChI is InChI=1S/C12H12ClIN4/c1-7-11-16-17-12(18(11)5-4-15-7)8-2-3-10(14)9(13)6-8/h2-3,6-7,15H,4-5H2,1H3. The molecule has 1 aliphatic rings. The number of nitrogens with one attached hydrogen (secondary N) is 1. The number of aromatic nitrogens is 3. The van der Waals surface area contributed by atoms with Crippen LogP contribution in [-0.2, 0) is 6.54 Å². The lowest BCUT2D eigenvalue weighted by molar-refractivity contribution is 0.439. The van der Waals surface area contributed by atoms with Crippen molar-refractivity contribution in [1.82, 2.24) is 20.1 Å². The minimum Gasteiger partial charge on any atom is -0.308 e. The first kappa shape index (κ1) is 12.4. The van der Waals surface area contributed by atoms with Gasteiger partial charge in [0.2, 0.25) is 0 Å². The van der Waals surface area contributed by atoms with Crippen molar-refractivity contribution in [2.24, 2.45) is 0 Å². The number of fused-ring (bicyclic) bond motifs is 1. The van der Waals surface area contributed by atoms with Crippen molar-refractivity contribution in [2.75, 3.05) is 6.54 Å². The molecule has 0 amide bonds. The molecule has 0 bridgehead atoms. The molecule has 6 heteroatoms. The maximum atomic E-state index is 6.17. The molecule has 1 aliphatic heterocycles. The highest BCUT2D eigenvalue weighted by molar-refractivity contribution is 14.1. The molecule has 2 aromatic rings. The highest BCUT2D eigenvalue weighted by atomic mass is 127. The van der Waals surface area contributed by atoms with E-state index in [0.29, 0.717) is 0 Å². The first-order valence-corrected chi connectivity index (χ1v) is 7.24. The molecule has 0 saturated heterocycles. The number of nitrogens with zero attached hydrogens (tertiary/aromatic N) is 3. The van der Waals surface area contributed by atoms with Crippen LogP contribution in [0, 0.1) is 3.57 Å². The summed E-state index contributed by atoms with van der Waals surface area (Å²) in [5.74, 6) is 1.89. The number of rotatable bonds is 1. The van der Waals surface area contributed by atoms with E-state index in [1.165, 1.54) is 0 Å². The van der Waals surface area contributed by atoms with E-state index in [2.05, 4.69) is 49.6 Å². The molecule has 0 aliphatic carbocycles. The van der Waals surface area contributed by atoms with Crippen molar-refractivity contribution in [2.45, 2.75) is 19.5 Å². The van der Waals surface area contributed by atoms with E-state index in [4.69, 9.17) is 11.6 Å². The Morgan fingerprint density at radius 1 is 1.44 bits per heavy atom. The van der Waals surface area contributed by atoms with Gasteiger partial charge in [-0.2, -0.15) is 0 Å². The highest BCUT2D eigenvalue weighted by Crippen LogP contribution is 2.27. The Bertz CT molecular complexity index is 596. The molecule has 1 N–H and O–H groups in total. The van der Waals surface area contributed by atoms with Crippen LogP contribution >= 0.6 is 34.2 Å². The average Bonchev–Trinajstić information content (AvgIpc) is 2.78. The summed E-state index contributed by atoms with van der Waals surface area (Å²) >= 11 is 8.39. The lowest BCUT2D eigenvalue weighted by Gasteiger charge is -2.21. The minimum absolute atomic E-state index is 0.249. The second-order valence-electron chi connectivity index (χ2n) is 4.34. The van der Waals surface area contributed by atoms with Gasteiger partial charge in [0.1, 0.15) is 5.82 Å². The predicted molar refractivity (Wildman–Crippen MR) is 79.6 cm³/mol. The molecule has 1 unspecified atom stereocenters. The van der Waals surface area contributed by atoms with Gasteiger partial charge < -0.3 is 9.88 Å². The summed E-state index contributed by atoms with van der Waals surface area (Å²) in [6.45, 7) is 3.94. The quantitative estimate of drug-likeness (QED) is 0.781. The normalized spacial score (nSPS) is 18.7. The zero-order valence-electron chi connectivity index (χ0n) is 9.82. The minimum atomic E-state index is 0.249. The zero-order valence-corrected chi connectivity index (χ0v) is 12.7. The molecule has 0 radical (unpaired) electrons. The van der Waals surface area contributed by atoms with E-state index in [1.807, 2.05) is 18.2 Å². The summed E-state index contributed by atoms with van der Waals surface area (Å²) in [6, 6.07) is 6.24. The fourth-order valence-corrected chi connectivity index (χ4v) is 2.70. The first-order valence-electron chi connectivity index (χ1n) is 5.78. The summed E-state index contributed by atoms with van der Waals surface area (Å²) in [6.07, 6.45) is 0. The third-order valence-electron chi connectivity index (χ3n) is 3.13. The number of halogens is 2. The van der Waals surface area contributed by atoms with Crippen molar-refractivity contribution in [3.63, 3.8) is 0 Å². The molecule has 4 nitrogen and oxygen atoms in total. The third-order valence-corrected chi connectivity index (χ3v) is 4.70. The van der Waals surface area contributed by atoms with Gasteiger partial charge in [-0.15, -0.1) is 10.2 Å². The van der Waals surface area contributed by atoms with Crippen LogP contribution < -0.4 is 5.32 Å². The monoisotopic (exact) mass is 374 g/mol. The van der Waals surface area contributed by atoms with E-state index in [-0.39, 0.29) is 6.04 Å². The summed E-state index contributed by atoms with van der Waals surface area (Å²) < 4.78 is 3.21. The third kappa shape index (κ3) is 2.04. The molecule has 0 spiro atoms. The smallest absolute Gasteiger partial charge is 0.164 e. The van der Waals surface area contributed by atoms with Crippen LogP contribution in [-0.4, -0.2) is 21.3 Å².